The van der Waals surface area contributed by atoms with Crippen molar-refractivity contribution in [2.45, 2.75) is 56.8 Å². The molecule has 116 valence electrons. The van der Waals surface area contributed by atoms with Crippen LogP contribution < -0.4 is 5.32 Å². The van der Waals surface area contributed by atoms with Gasteiger partial charge >= 0.3 is 0 Å². The highest BCUT2D eigenvalue weighted by Crippen LogP contribution is 2.36. The van der Waals surface area contributed by atoms with Crippen LogP contribution in [0.15, 0.2) is 30.3 Å². The van der Waals surface area contributed by atoms with Crippen LogP contribution in [-0.2, 0) is 14.9 Å². The van der Waals surface area contributed by atoms with Gasteiger partial charge in [-0.25, -0.2) is 0 Å². The Balaban J connectivity index is 1.50. The zero-order chi connectivity index (χ0) is 14.8. The van der Waals surface area contributed by atoms with Crippen molar-refractivity contribution in [3.05, 3.63) is 35.9 Å². The molecule has 0 amide bonds. The number of nitrogens with one attached hydrogen (secondary N) is 1. The van der Waals surface area contributed by atoms with E-state index >= 15 is 0 Å². The number of hydrogen-bond donors (Lipinski definition) is 1. The topological polar surface area (TPSA) is 30.5 Å². The summed E-state index contributed by atoms with van der Waals surface area (Å²) in [5.74, 6) is -0.243. The lowest BCUT2D eigenvalue weighted by atomic mass is 9.83. The van der Waals surface area contributed by atoms with Crippen molar-refractivity contribution < 1.29 is 9.47 Å². The second kappa shape index (κ2) is 6.07. The van der Waals surface area contributed by atoms with Gasteiger partial charge in [-0.2, -0.15) is 0 Å². The van der Waals surface area contributed by atoms with Crippen LogP contribution in [0.2, 0.25) is 0 Å². The Labute approximate surface area is 128 Å². The highest BCUT2D eigenvalue weighted by atomic mass is 16.7. The molecule has 2 fully saturated rings. The van der Waals surface area contributed by atoms with E-state index in [4.69, 9.17) is 9.47 Å². The summed E-state index contributed by atoms with van der Waals surface area (Å²) in [6, 6.07) is 11.4. The summed E-state index contributed by atoms with van der Waals surface area (Å²) < 4.78 is 11.6. The quantitative estimate of drug-likeness (QED) is 0.923. The summed E-state index contributed by atoms with van der Waals surface area (Å²) in [6.45, 7) is 7.15. The lowest BCUT2D eigenvalue weighted by molar-refractivity contribution is -0.179. The van der Waals surface area contributed by atoms with Crippen molar-refractivity contribution in [3.8, 4) is 0 Å². The molecule has 1 saturated carbocycles. The summed E-state index contributed by atoms with van der Waals surface area (Å²) in [6.07, 6.45) is 4.34. The van der Waals surface area contributed by atoms with Gasteiger partial charge in [-0.1, -0.05) is 44.2 Å². The second-order valence-electron chi connectivity index (χ2n) is 7.01. The molecule has 1 saturated heterocycles. The van der Waals surface area contributed by atoms with Gasteiger partial charge in [-0.15, -0.1) is 0 Å². The molecule has 0 unspecified atom stereocenters. The molecule has 1 spiro atoms. The van der Waals surface area contributed by atoms with Gasteiger partial charge in [-0.3, -0.25) is 0 Å². The molecule has 3 heteroatoms. The Bertz CT molecular complexity index is 442. The smallest absolute Gasteiger partial charge is 0.168 e. The van der Waals surface area contributed by atoms with E-state index in [9.17, 15) is 0 Å². The first-order valence-electron chi connectivity index (χ1n) is 8.17. The third-order valence-electron chi connectivity index (χ3n) is 4.95. The maximum absolute atomic E-state index is 5.79. The number of benzene rings is 1. The van der Waals surface area contributed by atoms with Gasteiger partial charge in [0.05, 0.1) is 13.2 Å². The fourth-order valence-corrected chi connectivity index (χ4v) is 3.44. The summed E-state index contributed by atoms with van der Waals surface area (Å²) in [5.41, 5.74) is 1.56. The molecule has 0 bridgehead atoms. The number of hydrogen-bond acceptors (Lipinski definition) is 3. The van der Waals surface area contributed by atoms with Gasteiger partial charge in [-0.05, 0) is 18.4 Å². The molecule has 1 heterocycles. The van der Waals surface area contributed by atoms with Crippen LogP contribution >= 0.6 is 0 Å². The number of ether oxygens (including phenoxy) is 2. The van der Waals surface area contributed by atoms with Gasteiger partial charge in [0.2, 0.25) is 0 Å². The first kappa shape index (κ1) is 15.0. The van der Waals surface area contributed by atoms with Crippen LogP contribution in [0.1, 0.15) is 45.1 Å². The van der Waals surface area contributed by atoms with Crippen molar-refractivity contribution in [2.75, 3.05) is 19.8 Å². The second-order valence-corrected chi connectivity index (χ2v) is 7.01. The fraction of sp³-hybridized carbons (Fsp3) is 0.667. The zero-order valence-electron chi connectivity index (χ0n) is 13.2. The van der Waals surface area contributed by atoms with Crippen LogP contribution in [0.4, 0.5) is 0 Å². The third-order valence-corrected chi connectivity index (χ3v) is 4.95. The molecule has 1 aliphatic carbocycles. The minimum absolute atomic E-state index is 0.163. The zero-order valence-corrected chi connectivity index (χ0v) is 13.2. The molecule has 1 aromatic carbocycles. The van der Waals surface area contributed by atoms with E-state index in [1.54, 1.807) is 0 Å². The molecular formula is C18H27NO2. The molecule has 0 aromatic heterocycles. The Morgan fingerprint density at radius 3 is 2.33 bits per heavy atom. The molecule has 21 heavy (non-hydrogen) atoms. The van der Waals surface area contributed by atoms with Crippen molar-refractivity contribution >= 4 is 0 Å². The van der Waals surface area contributed by atoms with Gasteiger partial charge < -0.3 is 14.8 Å². The van der Waals surface area contributed by atoms with Crippen molar-refractivity contribution in [1.82, 2.24) is 5.32 Å². The molecule has 3 nitrogen and oxygen atoms in total. The molecule has 0 atom stereocenters. The number of rotatable bonds is 4. The van der Waals surface area contributed by atoms with Crippen LogP contribution in [-0.4, -0.2) is 31.6 Å². The van der Waals surface area contributed by atoms with E-state index in [2.05, 4.69) is 49.5 Å². The van der Waals surface area contributed by atoms with E-state index in [-0.39, 0.29) is 11.2 Å². The summed E-state index contributed by atoms with van der Waals surface area (Å²) >= 11 is 0. The predicted octanol–water partition coefficient (Wildman–Crippen LogP) is 3.24. The Kier molecular flexibility index (Phi) is 4.34. The predicted molar refractivity (Wildman–Crippen MR) is 84.4 cm³/mol. The summed E-state index contributed by atoms with van der Waals surface area (Å²) in [4.78, 5) is 0. The molecule has 1 aliphatic heterocycles. The van der Waals surface area contributed by atoms with Gasteiger partial charge in [0.1, 0.15) is 0 Å². The minimum Gasteiger partial charge on any atom is -0.348 e. The lowest BCUT2D eigenvalue weighted by Gasteiger charge is -2.37. The van der Waals surface area contributed by atoms with E-state index in [0.717, 1.165) is 45.4 Å². The molecule has 0 radical (unpaired) electrons. The normalized spacial score (nSPS) is 22.8. The molecule has 2 aliphatic rings. The molecule has 1 aromatic rings. The monoisotopic (exact) mass is 289 g/mol. The SMILES string of the molecule is CC(C)(CNC1CCC2(CC1)OCCO2)c1ccccc1. The van der Waals surface area contributed by atoms with Crippen LogP contribution in [0, 0.1) is 0 Å². The van der Waals surface area contributed by atoms with Crippen molar-refractivity contribution in [1.29, 1.82) is 0 Å². The maximum atomic E-state index is 5.79. The highest BCUT2D eigenvalue weighted by Gasteiger charge is 2.40. The molecule has 1 N–H and O–H groups in total. The van der Waals surface area contributed by atoms with Gasteiger partial charge in [0.15, 0.2) is 5.79 Å². The molecular weight excluding hydrogens is 262 g/mol. The van der Waals surface area contributed by atoms with Crippen LogP contribution in [0.3, 0.4) is 0 Å². The van der Waals surface area contributed by atoms with Gasteiger partial charge in [0, 0.05) is 30.8 Å². The maximum Gasteiger partial charge on any atom is 0.168 e. The Morgan fingerprint density at radius 1 is 1.10 bits per heavy atom. The van der Waals surface area contributed by atoms with E-state index in [0.29, 0.717) is 6.04 Å². The Hall–Kier alpha value is -0.900. The van der Waals surface area contributed by atoms with E-state index < -0.39 is 0 Å². The summed E-state index contributed by atoms with van der Waals surface area (Å²) in [5, 5.41) is 3.76. The van der Waals surface area contributed by atoms with E-state index in [1.165, 1.54) is 5.56 Å². The third kappa shape index (κ3) is 3.47. The first-order chi connectivity index (χ1) is 10.1. The van der Waals surface area contributed by atoms with Gasteiger partial charge in [0.25, 0.3) is 0 Å². The van der Waals surface area contributed by atoms with Crippen molar-refractivity contribution in [3.63, 3.8) is 0 Å². The van der Waals surface area contributed by atoms with Crippen LogP contribution in [0.25, 0.3) is 0 Å². The Morgan fingerprint density at radius 2 is 1.71 bits per heavy atom. The largest absolute Gasteiger partial charge is 0.348 e. The van der Waals surface area contributed by atoms with Crippen LogP contribution in [0.5, 0.6) is 0 Å². The van der Waals surface area contributed by atoms with Crippen molar-refractivity contribution in [2.24, 2.45) is 0 Å². The highest BCUT2D eigenvalue weighted by molar-refractivity contribution is 5.23. The lowest BCUT2D eigenvalue weighted by Crippen LogP contribution is -2.45. The first-order valence-corrected chi connectivity index (χ1v) is 8.17. The average Bonchev–Trinajstić information content (AvgIpc) is 2.96. The minimum atomic E-state index is -0.243. The fourth-order valence-electron chi connectivity index (χ4n) is 3.44. The summed E-state index contributed by atoms with van der Waals surface area (Å²) in [7, 11) is 0. The average molecular weight is 289 g/mol. The standard InChI is InChI=1S/C18H27NO2/c1-17(2,15-6-4-3-5-7-15)14-19-16-8-10-18(11-9-16)20-12-13-21-18/h3-7,16,19H,8-14H2,1-2H3. The van der Waals surface area contributed by atoms with E-state index in [1.807, 2.05) is 0 Å². The molecule has 3 rings (SSSR count).